The number of hydrogen-bond acceptors (Lipinski definition) is 2. The Kier molecular flexibility index (Phi) is 3.52. The molecule has 0 bridgehead atoms. The zero-order chi connectivity index (χ0) is 9.07. The highest BCUT2D eigenvalue weighted by molar-refractivity contribution is 5.85. The molecule has 0 saturated heterocycles. The zero-order valence-corrected chi connectivity index (χ0v) is 7.77. The normalized spacial score (nSPS) is 16.2. The summed E-state index contributed by atoms with van der Waals surface area (Å²) in [6.07, 6.45) is 0.658. The number of nitrogens with two attached hydrogens (primary N) is 1. The lowest BCUT2D eigenvalue weighted by atomic mass is 9.99. The summed E-state index contributed by atoms with van der Waals surface area (Å²) in [7, 11) is 0. The summed E-state index contributed by atoms with van der Waals surface area (Å²) >= 11 is 0. The van der Waals surface area contributed by atoms with Crippen LogP contribution in [0.2, 0.25) is 0 Å². The van der Waals surface area contributed by atoms with Gasteiger partial charge < -0.3 is 11.1 Å². The minimum absolute atomic E-state index is 0.0741. The Morgan fingerprint density at radius 1 is 1.64 bits per heavy atom. The molecule has 0 saturated carbocycles. The average Bonchev–Trinajstić information content (AvgIpc) is 1.86. The van der Waals surface area contributed by atoms with Crippen molar-refractivity contribution in [1.82, 2.24) is 5.32 Å². The summed E-state index contributed by atoms with van der Waals surface area (Å²) in [5.41, 5.74) is 4.98. The SMILES string of the molecule is CCC(C)(N)C(=O)NC(C)C. The number of hydrogen-bond donors (Lipinski definition) is 2. The van der Waals surface area contributed by atoms with Gasteiger partial charge in [-0.05, 0) is 27.2 Å². The van der Waals surface area contributed by atoms with Gasteiger partial charge in [-0.1, -0.05) is 6.92 Å². The van der Waals surface area contributed by atoms with Crippen LogP contribution in [0.4, 0.5) is 0 Å². The smallest absolute Gasteiger partial charge is 0.239 e. The Bertz CT molecular complexity index is 141. The molecule has 0 aliphatic heterocycles. The van der Waals surface area contributed by atoms with Crippen LogP contribution in [0.5, 0.6) is 0 Å². The molecule has 3 nitrogen and oxygen atoms in total. The first-order chi connectivity index (χ1) is 4.90. The highest BCUT2D eigenvalue weighted by Crippen LogP contribution is 2.04. The van der Waals surface area contributed by atoms with Gasteiger partial charge >= 0.3 is 0 Å². The molecule has 1 unspecified atom stereocenters. The van der Waals surface area contributed by atoms with Crippen molar-refractivity contribution in [1.29, 1.82) is 0 Å². The van der Waals surface area contributed by atoms with Crippen molar-refractivity contribution < 1.29 is 4.79 Å². The maximum absolute atomic E-state index is 11.3. The number of rotatable bonds is 3. The highest BCUT2D eigenvalue weighted by atomic mass is 16.2. The van der Waals surface area contributed by atoms with E-state index < -0.39 is 5.54 Å². The molecule has 11 heavy (non-hydrogen) atoms. The van der Waals surface area contributed by atoms with E-state index in [-0.39, 0.29) is 11.9 Å². The Morgan fingerprint density at radius 2 is 2.09 bits per heavy atom. The highest BCUT2D eigenvalue weighted by Gasteiger charge is 2.25. The molecule has 66 valence electrons. The molecule has 0 aromatic carbocycles. The van der Waals surface area contributed by atoms with E-state index in [2.05, 4.69) is 5.32 Å². The fraction of sp³-hybridized carbons (Fsp3) is 0.875. The number of carbonyl (C=O) groups excluding carboxylic acids is 1. The summed E-state index contributed by atoms with van der Waals surface area (Å²) in [4.78, 5) is 11.3. The first-order valence-electron chi connectivity index (χ1n) is 4.00. The third kappa shape index (κ3) is 3.37. The monoisotopic (exact) mass is 158 g/mol. The second-order valence-electron chi connectivity index (χ2n) is 3.40. The first kappa shape index (κ1) is 10.4. The standard InChI is InChI=1S/C8H18N2O/c1-5-8(4,9)7(11)10-6(2)3/h6H,5,9H2,1-4H3,(H,10,11). The fourth-order valence-electron chi connectivity index (χ4n) is 0.588. The summed E-state index contributed by atoms with van der Waals surface area (Å²) < 4.78 is 0. The van der Waals surface area contributed by atoms with E-state index in [1.807, 2.05) is 20.8 Å². The molecule has 1 atom stereocenters. The van der Waals surface area contributed by atoms with Gasteiger partial charge in [0.25, 0.3) is 0 Å². The van der Waals surface area contributed by atoms with Crippen LogP contribution in [0.15, 0.2) is 0 Å². The molecule has 0 aliphatic rings. The fourth-order valence-corrected chi connectivity index (χ4v) is 0.588. The van der Waals surface area contributed by atoms with Gasteiger partial charge in [0.1, 0.15) is 0 Å². The van der Waals surface area contributed by atoms with Crippen LogP contribution in [0, 0.1) is 0 Å². The maximum atomic E-state index is 11.3. The Labute approximate surface area is 68.3 Å². The number of nitrogens with one attached hydrogen (secondary N) is 1. The molecule has 0 aromatic heterocycles. The molecule has 0 aromatic rings. The Hall–Kier alpha value is -0.570. The van der Waals surface area contributed by atoms with Crippen molar-refractivity contribution in [3.63, 3.8) is 0 Å². The van der Waals surface area contributed by atoms with Gasteiger partial charge in [0.15, 0.2) is 0 Å². The minimum Gasteiger partial charge on any atom is -0.352 e. The third-order valence-corrected chi connectivity index (χ3v) is 1.67. The zero-order valence-electron chi connectivity index (χ0n) is 7.77. The topological polar surface area (TPSA) is 55.1 Å². The van der Waals surface area contributed by atoms with Crippen LogP contribution in [-0.2, 0) is 4.79 Å². The Morgan fingerprint density at radius 3 is 2.36 bits per heavy atom. The lowest BCUT2D eigenvalue weighted by Gasteiger charge is -2.22. The van der Waals surface area contributed by atoms with E-state index in [9.17, 15) is 4.79 Å². The molecule has 3 heteroatoms. The van der Waals surface area contributed by atoms with Gasteiger partial charge in [-0.2, -0.15) is 0 Å². The van der Waals surface area contributed by atoms with Crippen molar-refractivity contribution in [3.8, 4) is 0 Å². The van der Waals surface area contributed by atoms with E-state index in [4.69, 9.17) is 5.73 Å². The first-order valence-corrected chi connectivity index (χ1v) is 4.00. The molecule has 3 N–H and O–H groups in total. The van der Waals surface area contributed by atoms with Crippen molar-refractivity contribution >= 4 is 5.91 Å². The van der Waals surface area contributed by atoms with Crippen LogP contribution >= 0.6 is 0 Å². The van der Waals surface area contributed by atoms with Gasteiger partial charge in [-0.3, -0.25) is 4.79 Å². The number of carbonyl (C=O) groups is 1. The summed E-state index contributed by atoms with van der Waals surface area (Å²) in [6, 6.07) is 0.164. The molecular weight excluding hydrogens is 140 g/mol. The second kappa shape index (κ2) is 3.72. The number of amides is 1. The van der Waals surface area contributed by atoms with Crippen LogP contribution in [0.25, 0.3) is 0 Å². The van der Waals surface area contributed by atoms with E-state index in [1.54, 1.807) is 6.92 Å². The maximum Gasteiger partial charge on any atom is 0.239 e. The van der Waals surface area contributed by atoms with Crippen LogP contribution in [0.3, 0.4) is 0 Å². The largest absolute Gasteiger partial charge is 0.352 e. The summed E-state index contributed by atoms with van der Waals surface area (Å²) in [6.45, 7) is 7.48. The van der Waals surface area contributed by atoms with E-state index in [0.29, 0.717) is 6.42 Å². The molecule has 1 amide bonds. The summed E-state index contributed by atoms with van der Waals surface area (Å²) in [5.74, 6) is -0.0741. The van der Waals surface area contributed by atoms with Gasteiger partial charge in [0.2, 0.25) is 5.91 Å². The Balaban J connectivity index is 4.02. The van der Waals surface area contributed by atoms with Crippen molar-refractivity contribution in [2.75, 3.05) is 0 Å². The molecule has 0 fully saturated rings. The van der Waals surface area contributed by atoms with E-state index >= 15 is 0 Å². The minimum atomic E-state index is -0.718. The molecular formula is C8H18N2O. The second-order valence-corrected chi connectivity index (χ2v) is 3.40. The van der Waals surface area contributed by atoms with Crippen molar-refractivity contribution in [3.05, 3.63) is 0 Å². The third-order valence-electron chi connectivity index (χ3n) is 1.67. The van der Waals surface area contributed by atoms with Gasteiger partial charge in [-0.15, -0.1) is 0 Å². The van der Waals surface area contributed by atoms with E-state index in [1.165, 1.54) is 0 Å². The molecule has 0 heterocycles. The van der Waals surface area contributed by atoms with Crippen LogP contribution < -0.4 is 11.1 Å². The predicted molar refractivity (Wildman–Crippen MR) is 46.2 cm³/mol. The van der Waals surface area contributed by atoms with Crippen molar-refractivity contribution in [2.24, 2.45) is 5.73 Å². The lowest BCUT2D eigenvalue weighted by molar-refractivity contribution is -0.126. The summed E-state index contributed by atoms with van der Waals surface area (Å²) in [5, 5.41) is 2.77. The predicted octanol–water partition coefficient (Wildman–Crippen LogP) is 0.638. The van der Waals surface area contributed by atoms with Gasteiger partial charge in [0.05, 0.1) is 5.54 Å². The molecule has 0 spiro atoms. The van der Waals surface area contributed by atoms with Crippen LogP contribution in [0.1, 0.15) is 34.1 Å². The lowest BCUT2D eigenvalue weighted by Crippen LogP contribution is -2.52. The molecule has 0 radical (unpaired) electrons. The van der Waals surface area contributed by atoms with Crippen LogP contribution in [-0.4, -0.2) is 17.5 Å². The molecule has 0 aliphatic carbocycles. The van der Waals surface area contributed by atoms with Gasteiger partial charge in [-0.25, -0.2) is 0 Å². The van der Waals surface area contributed by atoms with E-state index in [0.717, 1.165) is 0 Å². The van der Waals surface area contributed by atoms with Gasteiger partial charge in [0, 0.05) is 6.04 Å². The quantitative estimate of drug-likeness (QED) is 0.633. The molecule has 0 rings (SSSR count). The average molecular weight is 158 g/mol. The van der Waals surface area contributed by atoms with Crippen molar-refractivity contribution in [2.45, 2.75) is 45.7 Å².